The summed E-state index contributed by atoms with van der Waals surface area (Å²) in [6.07, 6.45) is 2.64. The smallest absolute Gasteiger partial charge is 0.280 e. The first-order valence-corrected chi connectivity index (χ1v) is 8.38. The molecule has 1 atom stereocenters. The van der Waals surface area contributed by atoms with E-state index in [4.69, 9.17) is 10.7 Å². The van der Waals surface area contributed by atoms with E-state index >= 15 is 0 Å². The largest absolute Gasteiger partial charge is 0.352 e. The zero-order chi connectivity index (χ0) is 14.6. The highest BCUT2D eigenvalue weighted by molar-refractivity contribution is 8.13. The highest BCUT2D eigenvalue weighted by Crippen LogP contribution is 2.14. The Morgan fingerprint density at radius 2 is 2.16 bits per heavy atom. The summed E-state index contributed by atoms with van der Waals surface area (Å²) in [6, 6.07) is 0.0809. The van der Waals surface area contributed by atoms with Crippen molar-refractivity contribution in [2.75, 3.05) is 0 Å². The molecule has 1 rings (SSSR count). The molecule has 8 heteroatoms. The van der Waals surface area contributed by atoms with Gasteiger partial charge in [0.15, 0.2) is 5.03 Å². The molecule has 1 amide bonds. The molecule has 1 unspecified atom stereocenters. The van der Waals surface area contributed by atoms with E-state index in [1.165, 1.54) is 10.8 Å². The normalized spacial score (nSPS) is 13.3. The number of nitrogens with zero attached hydrogens (tertiary/aromatic N) is 2. The minimum Gasteiger partial charge on any atom is -0.352 e. The lowest BCUT2D eigenvalue weighted by atomic mass is 10.2. The van der Waals surface area contributed by atoms with Crippen molar-refractivity contribution in [2.24, 2.45) is 0 Å². The molecule has 19 heavy (non-hydrogen) atoms. The van der Waals surface area contributed by atoms with Crippen LogP contribution in [0.4, 0.5) is 0 Å². The molecule has 6 nitrogen and oxygen atoms in total. The van der Waals surface area contributed by atoms with Crippen molar-refractivity contribution in [1.82, 2.24) is 14.9 Å². The number of halogens is 1. The number of aryl methyl sites for hydroxylation is 1. The Labute approximate surface area is 117 Å². The summed E-state index contributed by atoms with van der Waals surface area (Å²) in [7, 11) is 1.37. The number of carbonyl (C=O) groups is 1. The van der Waals surface area contributed by atoms with E-state index in [2.05, 4.69) is 10.3 Å². The monoisotopic (exact) mass is 307 g/mol. The van der Waals surface area contributed by atoms with Crippen LogP contribution in [-0.4, -0.2) is 29.9 Å². The molecule has 1 aromatic heterocycles. The molecule has 108 valence electrons. The second kappa shape index (κ2) is 6.38. The molecule has 1 aromatic rings. The molecule has 0 spiro atoms. The highest BCUT2D eigenvalue weighted by Gasteiger charge is 2.18. The second-order valence-corrected chi connectivity index (χ2v) is 6.80. The van der Waals surface area contributed by atoms with Crippen LogP contribution >= 0.6 is 10.7 Å². The number of nitrogens with one attached hydrogen (secondary N) is 1. The third kappa shape index (κ3) is 4.50. The number of rotatable bonds is 6. The Hall–Kier alpha value is -1.08. The zero-order valence-electron chi connectivity index (χ0n) is 11.2. The van der Waals surface area contributed by atoms with Crippen molar-refractivity contribution in [3.05, 3.63) is 12.0 Å². The van der Waals surface area contributed by atoms with Gasteiger partial charge in [0.2, 0.25) is 5.91 Å². The molecule has 0 fully saturated rings. The lowest BCUT2D eigenvalue weighted by molar-refractivity contribution is -0.122. The minimum atomic E-state index is -3.87. The number of carbonyl (C=O) groups excluding carboxylic acids is 1. The fourth-order valence-corrected chi connectivity index (χ4v) is 2.23. The number of hydrogen-bond acceptors (Lipinski definition) is 4. The van der Waals surface area contributed by atoms with Crippen LogP contribution in [0.3, 0.4) is 0 Å². The van der Waals surface area contributed by atoms with Crippen molar-refractivity contribution in [1.29, 1.82) is 0 Å². The minimum absolute atomic E-state index is 0.0346. The molecule has 1 heterocycles. The summed E-state index contributed by atoms with van der Waals surface area (Å²) < 4.78 is 23.9. The van der Waals surface area contributed by atoms with E-state index in [9.17, 15) is 13.2 Å². The van der Waals surface area contributed by atoms with E-state index in [1.54, 1.807) is 0 Å². The molecule has 0 radical (unpaired) electrons. The van der Waals surface area contributed by atoms with Gasteiger partial charge in [0, 0.05) is 29.3 Å². The number of aromatic nitrogens is 2. The second-order valence-electron chi connectivity index (χ2n) is 4.29. The Morgan fingerprint density at radius 1 is 1.53 bits per heavy atom. The van der Waals surface area contributed by atoms with E-state index in [0.717, 1.165) is 6.42 Å². The van der Waals surface area contributed by atoms with E-state index in [0.29, 0.717) is 12.2 Å². The molecule has 0 aliphatic heterocycles. The quantitative estimate of drug-likeness (QED) is 0.803. The maximum atomic E-state index is 11.8. The van der Waals surface area contributed by atoms with Gasteiger partial charge in [-0.3, -0.25) is 4.79 Å². The van der Waals surface area contributed by atoms with Gasteiger partial charge in [0.05, 0.1) is 0 Å². The Morgan fingerprint density at radius 3 is 2.63 bits per heavy atom. The molecular weight excluding hydrogens is 290 g/mol. The average molecular weight is 308 g/mol. The number of hydrogen-bond donors (Lipinski definition) is 1. The Balaban J connectivity index is 2.89. The predicted molar refractivity (Wildman–Crippen MR) is 72.5 cm³/mol. The first-order chi connectivity index (χ1) is 8.77. The molecule has 0 bridgehead atoms. The maximum Gasteiger partial charge on any atom is 0.280 e. The van der Waals surface area contributed by atoms with Gasteiger partial charge < -0.3 is 9.88 Å². The van der Waals surface area contributed by atoms with Crippen LogP contribution in [-0.2, 0) is 26.8 Å². The fraction of sp³-hybridized carbons (Fsp3) is 0.636. The molecule has 0 aliphatic rings. The van der Waals surface area contributed by atoms with Crippen molar-refractivity contribution < 1.29 is 13.2 Å². The van der Waals surface area contributed by atoms with Crippen molar-refractivity contribution >= 4 is 25.6 Å². The summed E-state index contributed by atoms with van der Waals surface area (Å²) in [4.78, 5) is 15.7. The van der Waals surface area contributed by atoms with Crippen LogP contribution in [0.25, 0.3) is 0 Å². The lowest BCUT2D eigenvalue weighted by Gasteiger charge is -2.12. The zero-order valence-corrected chi connectivity index (χ0v) is 12.8. The van der Waals surface area contributed by atoms with Crippen LogP contribution in [0.2, 0.25) is 0 Å². The maximum absolute atomic E-state index is 11.8. The first kappa shape index (κ1) is 16.0. The summed E-state index contributed by atoms with van der Waals surface area (Å²) in [5, 5.41) is 2.59. The van der Waals surface area contributed by atoms with Crippen LogP contribution < -0.4 is 5.32 Å². The van der Waals surface area contributed by atoms with Gasteiger partial charge in [-0.25, -0.2) is 13.4 Å². The molecular formula is C11H18ClN3O3S. The molecule has 1 N–H and O–H groups in total. The van der Waals surface area contributed by atoms with Crippen molar-refractivity contribution in [2.45, 2.75) is 51.2 Å². The van der Waals surface area contributed by atoms with Gasteiger partial charge in [-0.1, -0.05) is 13.8 Å². The number of imidazole rings is 1. The number of amides is 1. The fourth-order valence-electron chi connectivity index (χ4n) is 1.54. The van der Waals surface area contributed by atoms with Crippen LogP contribution in [0.15, 0.2) is 11.2 Å². The predicted octanol–water partition coefficient (Wildman–Crippen LogP) is 1.29. The van der Waals surface area contributed by atoms with Gasteiger partial charge in [0.25, 0.3) is 9.05 Å². The summed E-state index contributed by atoms with van der Waals surface area (Å²) in [5.41, 5.74) is 0. The van der Waals surface area contributed by atoms with Crippen molar-refractivity contribution in [3.8, 4) is 0 Å². The lowest BCUT2D eigenvalue weighted by Crippen LogP contribution is -2.34. The summed E-state index contributed by atoms with van der Waals surface area (Å²) in [6.45, 7) is 5.74. The van der Waals surface area contributed by atoms with E-state index < -0.39 is 9.05 Å². The molecule has 0 saturated heterocycles. The first-order valence-electron chi connectivity index (χ1n) is 6.08. The van der Waals surface area contributed by atoms with E-state index in [-0.39, 0.29) is 23.5 Å². The SMILES string of the molecule is CCc1nc(S(=O)(=O)Cl)cn1CC(=O)NC(C)CC. The Bertz CT molecular complexity index is 554. The van der Waals surface area contributed by atoms with Gasteiger partial charge in [-0.15, -0.1) is 0 Å². The Kier molecular flexibility index (Phi) is 5.37. The third-order valence-electron chi connectivity index (χ3n) is 2.74. The van der Waals surface area contributed by atoms with Gasteiger partial charge >= 0.3 is 0 Å². The van der Waals surface area contributed by atoms with Crippen molar-refractivity contribution in [3.63, 3.8) is 0 Å². The topological polar surface area (TPSA) is 81.1 Å². The standard InChI is InChI=1S/C11H18ClN3O3S/c1-4-8(3)13-10(16)6-15-7-11(19(12,17)18)14-9(15)5-2/h7-8H,4-6H2,1-3H3,(H,13,16). The molecule has 0 aromatic carbocycles. The van der Waals surface area contributed by atoms with Gasteiger partial charge in [0.1, 0.15) is 12.4 Å². The third-order valence-corrected chi connectivity index (χ3v) is 3.91. The summed E-state index contributed by atoms with van der Waals surface area (Å²) >= 11 is 0. The van der Waals surface area contributed by atoms with Gasteiger partial charge in [-0.2, -0.15) is 0 Å². The van der Waals surface area contributed by atoms with E-state index in [1.807, 2.05) is 20.8 Å². The average Bonchev–Trinajstić information content (AvgIpc) is 2.71. The van der Waals surface area contributed by atoms with Crippen LogP contribution in [0.1, 0.15) is 33.0 Å². The van der Waals surface area contributed by atoms with Crippen LogP contribution in [0.5, 0.6) is 0 Å². The van der Waals surface area contributed by atoms with Crippen LogP contribution in [0, 0.1) is 0 Å². The molecule has 0 saturated carbocycles. The summed E-state index contributed by atoms with van der Waals surface area (Å²) in [5.74, 6) is 0.332. The highest BCUT2D eigenvalue weighted by atomic mass is 35.7. The van der Waals surface area contributed by atoms with Gasteiger partial charge in [-0.05, 0) is 13.3 Å². The molecule has 0 aliphatic carbocycles.